The van der Waals surface area contributed by atoms with Crippen LogP contribution in [0.25, 0.3) is 0 Å². The lowest BCUT2D eigenvalue weighted by Crippen LogP contribution is -2.36. The molecule has 16 heavy (non-hydrogen) atoms. The van der Waals surface area contributed by atoms with Gasteiger partial charge in [0.25, 0.3) is 0 Å². The van der Waals surface area contributed by atoms with Gasteiger partial charge in [-0.2, -0.15) is 0 Å². The Labute approximate surface area is 99.4 Å². The molecule has 0 radical (unpaired) electrons. The molecule has 0 amide bonds. The molecule has 0 aromatic heterocycles. The van der Waals surface area contributed by atoms with E-state index in [1.807, 2.05) is 0 Å². The molecule has 0 bridgehead atoms. The van der Waals surface area contributed by atoms with Gasteiger partial charge in [0.05, 0.1) is 6.10 Å². The summed E-state index contributed by atoms with van der Waals surface area (Å²) in [6, 6.07) is 0. The van der Waals surface area contributed by atoms with Crippen molar-refractivity contribution in [1.29, 1.82) is 0 Å². The SMILES string of the molecule is C=C(CC)N1CCC(OCCCOC)CC1. The highest BCUT2D eigenvalue weighted by Crippen LogP contribution is 2.18. The summed E-state index contributed by atoms with van der Waals surface area (Å²) in [5.41, 5.74) is 1.26. The minimum absolute atomic E-state index is 0.442. The van der Waals surface area contributed by atoms with Crippen LogP contribution in [0.2, 0.25) is 0 Å². The third kappa shape index (κ3) is 4.54. The highest BCUT2D eigenvalue weighted by atomic mass is 16.5. The fourth-order valence-electron chi connectivity index (χ4n) is 2.02. The number of allylic oxidation sites excluding steroid dienone is 1. The van der Waals surface area contributed by atoms with E-state index in [1.165, 1.54) is 5.70 Å². The molecule has 0 saturated carbocycles. The molecule has 0 aromatic carbocycles. The van der Waals surface area contributed by atoms with Crippen molar-refractivity contribution < 1.29 is 9.47 Å². The highest BCUT2D eigenvalue weighted by Gasteiger charge is 2.19. The monoisotopic (exact) mass is 227 g/mol. The van der Waals surface area contributed by atoms with Crippen LogP contribution >= 0.6 is 0 Å². The molecule has 94 valence electrons. The number of nitrogens with zero attached hydrogens (tertiary/aromatic N) is 1. The Bertz CT molecular complexity index is 198. The van der Waals surface area contributed by atoms with E-state index in [0.717, 1.165) is 52.0 Å². The Hall–Kier alpha value is -0.540. The summed E-state index contributed by atoms with van der Waals surface area (Å²) >= 11 is 0. The van der Waals surface area contributed by atoms with Crippen LogP contribution in [-0.2, 0) is 9.47 Å². The average Bonchev–Trinajstić information content (AvgIpc) is 2.34. The Morgan fingerprint density at radius 1 is 1.31 bits per heavy atom. The molecule has 1 heterocycles. The molecule has 0 unspecified atom stereocenters. The van der Waals surface area contributed by atoms with Gasteiger partial charge in [-0.3, -0.25) is 0 Å². The van der Waals surface area contributed by atoms with Gasteiger partial charge in [0.1, 0.15) is 0 Å². The quantitative estimate of drug-likeness (QED) is 0.623. The molecule has 1 saturated heterocycles. The fourth-order valence-corrected chi connectivity index (χ4v) is 2.02. The summed E-state index contributed by atoms with van der Waals surface area (Å²) in [5, 5.41) is 0. The van der Waals surface area contributed by atoms with Crippen molar-refractivity contribution >= 4 is 0 Å². The molecule has 1 fully saturated rings. The predicted octanol–water partition coefficient (Wildman–Crippen LogP) is 2.43. The van der Waals surface area contributed by atoms with Crippen LogP contribution in [0.5, 0.6) is 0 Å². The van der Waals surface area contributed by atoms with Crippen LogP contribution in [0.4, 0.5) is 0 Å². The van der Waals surface area contributed by atoms with Gasteiger partial charge >= 0.3 is 0 Å². The second kappa shape index (κ2) is 7.69. The Kier molecular flexibility index (Phi) is 6.50. The highest BCUT2D eigenvalue weighted by molar-refractivity contribution is 4.94. The Morgan fingerprint density at radius 2 is 2.00 bits per heavy atom. The lowest BCUT2D eigenvalue weighted by molar-refractivity contribution is 0.00537. The minimum Gasteiger partial charge on any atom is -0.385 e. The van der Waals surface area contributed by atoms with Crippen molar-refractivity contribution in [2.45, 2.75) is 38.7 Å². The summed E-state index contributed by atoms with van der Waals surface area (Å²) in [5.74, 6) is 0. The first kappa shape index (κ1) is 13.5. The van der Waals surface area contributed by atoms with Gasteiger partial charge in [0, 0.05) is 39.1 Å². The molecule has 3 heteroatoms. The maximum absolute atomic E-state index is 5.81. The van der Waals surface area contributed by atoms with E-state index in [2.05, 4.69) is 18.4 Å². The van der Waals surface area contributed by atoms with Crippen LogP contribution in [0, 0.1) is 0 Å². The molecule has 0 aliphatic carbocycles. The molecule has 1 rings (SSSR count). The first-order chi connectivity index (χ1) is 7.77. The number of rotatable bonds is 7. The summed E-state index contributed by atoms with van der Waals surface area (Å²) in [6.07, 6.45) is 4.76. The summed E-state index contributed by atoms with van der Waals surface area (Å²) < 4.78 is 10.8. The van der Waals surface area contributed by atoms with Gasteiger partial charge < -0.3 is 14.4 Å². The number of hydrogen-bond acceptors (Lipinski definition) is 3. The average molecular weight is 227 g/mol. The Balaban J connectivity index is 2.10. The van der Waals surface area contributed by atoms with Crippen LogP contribution in [0.15, 0.2) is 12.3 Å². The predicted molar refractivity (Wildman–Crippen MR) is 66.5 cm³/mol. The van der Waals surface area contributed by atoms with E-state index in [-0.39, 0.29) is 0 Å². The lowest BCUT2D eigenvalue weighted by atomic mass is 10.1. The van der Waals surface area contributed by atoms with Crippen LogP contribution in [-0.4, -0.2) is 44.4 Å². The van der Waals surface area contributed by atoms with Gasteiger partial charge in [0.2, 0.25) is 0 Å². The summed E-state index contributed by atoms with van der Waals surface area (Å²) in [6.45, 7) is 10.1. The van der Waals surface area contributed by atoms with E-state index < -0.39 is 0 Å². The van der Waals surface area contributed by atoms with E-state index in [0.29, 0.717) is 6.10 Å². The summed E-state index contributed by atoms with van der Waals surface area (Å²) in [7, 11) is 1.73. The Morgan fingerprint density at radius 3 is 2.56 bits per heavy atom. The van der Waals surface area contributed by atoms with Crippen LogP contribution in [0.1, 0.15) is 32.6 Å². The summed E-state index contributed by atoms with van der Waals surface area (Å²) in [4.78, 5) is 2.38. The molecule has 0 N–H and O–H groups in total. The molecule has 1 aliphatic rings. The number of hydrogen-bond donors (Lipinski definition) is 0. The molecule has 0 atom stereocenters. The molecule has 3 nitrogen and oxygen atoms in total. The van der Waals surface area contributed by atoms with E-state index in [9.17, 15) is 0 Å². The zero-order chi connectivity index (χ0) is 11.8. The topological polar surface area (TPSA) is 21.7 Å². The van der Waals surface area contributed by atoms with Crippen LogP contribution < -0.4 is 0 Å². The van der Waals surface area contributed by atoms with Crippen molar-refractivity contribution in [1.82, 2.24) is 4.90 Å². The van der Waals surface area contributed by atoms with Crippen molar-refractivity contribution in [2.24, 2.45) is 0 Å². The molecule has 1 aliphatic heterocycles. The second-order valence-corrected chi connectivity index (χ2v) is 4.32. The van der Waals surface area contributed by atoms with Gasteiger partial charge in [-0.15, -0.1) is 0 Å². The maximum atomic E-state index is 5.81. The van der Waals surface area contributed by atoms with E-state index in [1.54, 1.807) is 7.11 Å². The van der Waals surface area contributed by atoms with Gasteiger partial charge in [-0.05, 0) is 25.7 Å². The normalized spacial score (nSPS) is 17.8. The molecule has 0 spiro atoms. The first-order valence-electron chi connectivity index (χ1n) is 6.31. The zero-order valence-corrected chi connectivity index (χ0v) is 10.7. The lowest BCUT2D eigenvalue weighted by Gasteiger charge is -2.34. The third-order valence-corrected chi connectivity index (χ3v) is 3.14. The van der Waals surface area contributed by atoms with E-state index in [4.69, 9.17) is 9.47 Å². The standard InChI is InChI=1S/C13H25NO2/c1-4-12(2)14-8-6-13(7-9-14)16-11-5-10-15-3/h13H,2,4-11H2,1,3H3. The smallest absolute Gasteiger partial charge is 0.0608 e. The largest absolute Gasteiger partial charge is 0.385 e. The fraction of sp³-hybridized carbons (Fsp3) is 0.846. The van der Waals surface area contributed by atoms with Crippen molar-refractivity contribution in [3.8, 4) is 0 Å². The van der Waals surface area contributed by atoms with Crippen molar-refractivity contribution in [3.63, 3.8) is 0 Å². The van der Waals surface area contributed by atoms with Crippen LogP contribution in [0.3, 0.4) is 0 Å². The molecular weight excluding hydrogens is 202 g/mol. The number of likely N-dealkylation sites (tertiary alicyclic amines) is 1. The maximum Gasteiger partial charge on any atom is 0.0608 e. The van der Waals surface area contributed by atoms with Crippen molar-refractivity contribution in [2.75, 3.05) is 33.4 Å². The zero-order valence-electron chi connectivity index (χ0n) is 10.7. The van der Waals surface area contributed by atoms with Gasteiger partial charge in [-0.1, -0.05) is 13.5 Å². The molecule has 0 aromatic rings. The number of ether oxygens (including phenoxy) is 2. The number of piperidine rings is 1. The van der Waals surface area contributed by atoms with Gasteiger partial charge in [-0.25, -0.2) is 0 Å². The number of methoxy groups -OCH3 is 1. The van der Waals surface area contributed by atoms with Crippen molar-refractivity contribution in [3.05, 3.63) is 12.3 Å². The second-order valence-electron chi connectivity index (χ2n) is 4.32. The van der Waals surface area contributed by atoms with E-state index >= 15 is 0 Å². The van der Waals surface area contributed by atoms with Gasteiger partial charge in [0.15, 0.2) is 0 Å². The molecular formula is C13H25NO2. The third-order valence-electron chi connectivity index (χ3n) is 3.14. The first-order valence-corrected chi connectivity index (χ1v) is 6.31. The minimum atomic E-state index is 0.442.